The minimum absolute atomic E-state index is 0.306. The number of carbonyl (C=O) groups is 1. The maximum Gasteiger partial charge on any atom is 0.236 e. The quantitative estimate of drug-likeness (QED) is 0.657. The molecule has 1 aliphatic carbocycles. The monoisotopic (exact) mass is 462 g/mol. The van der Waals surface area contributed by atoms with Gasteiger partial charge in [0.1, 0.15) is 5.75 Å². The van der Waals surface area contributed by atoms with Gasteiger partial charge >= 0.3 is 0 Å². The maximum absolute atomic E-state index is 12.9. The highest BCUT2D eigenvalue weighted by Gasteiger charge is 2.30. The summed E-state index contributed by atoms with van der Waals surface area (Å²) < 4.78 is 5.33. The SMILES string of the molecule is COc1ccc(-c2ccc(N3CCN(CC(=O)N4CCN(C5CCC5)CC4)CC3)cc2)c(C)c1. The Morgan fingerprint density at radius 1 is 0.912 bits per heavy atom. The molecule has 0 N–H and O–H groups in total. The normalized spacial score (nSPS) is 20.3. The van der Waals surface area contributed by atoms with E-state index >= 15 is 0 Å². The molecule has 0 atom stereocenters. The minimum atomic E-state index is 0.306. The fourth-order valence-electron chi connectivity index (χ4n) is 5.48. The summed E-state index contributed by atoms with van der Waals surface area (Å²) in [5, 5.41) is 0. The zero-order valence-electron chi connectivity index (χ0n) is 20.7. The highest BCUT2D eigenvalue weighted by molar-refractivity contribution is 5.78. The molecule has 2 saturated heterocycles. The van der Waals surface area contributed by atoms with Crippen LogP contribution in [0, 0.1) is 6.92 Å². The van der Waals surface area contributed by atoms with Crippen molar-refractivity contribution in [3.63, 3.8) is 0 Å². The Bertz CT molecular complexity index is 972. The Hall–Kier alpha value is -2.57. The number of aryl methyl sites for hydroxylation is 1. The lowest BCUT2D eigenvalue weighted by molar-refractivity contribution is -0.134. The smallest absolute Gasteiger partial charge is 0.236 e. The van der Waals surface area contributed by atoms with Crippen molar-refractivity contribution < 1.29 is 9.53 Å². The largest absolute Gasteiger partial charge is 0.497 e. The van der Waals surface area contributed by atoms with E-state index in [1.165, 1.54) is 41.6 Å². The number of carbonyl (C=O) groups excluding carboxylic acids is 1. The second-order valence-electron chi connectivity index (χ2n) is 9.99. The molecule has 34 heavy (non-hydrogen) atoms. The Morgan fingerprint density at radius 2 is 1.62 bits per heavy atom. The molecule has 0 spiro atoms. The first-order valence-electron chi connectivity index (χ1n) is 12.8. The van der Waals surface area contributed by atoms with Crippen molar-refractivity contribution >= 4 is 11.6 Å². The van der Waals surface area contributed by atoms with Gasteiger partial charge in [0.05, 0.1) is 13.7 Å². The molecule has 1 saturated carbocycles. The van der Waals surface area contributed by atoms with Gasteiger partial charge in [0.15, 0.2) is 0 Å². The Kier molecular flexibility index (Phi) is 7.07. The molecule has 3 fully saturated rings. The van der Waals surface area contributed by atoms with Crippen LogP contribution in [0.25, 0.3) is 11.1 Å². The van der Waals surface area contributed by atoms with Crippen molar-refractivity contribution in [2.24, 2.45) is 0 Å². The number of ether oxygens (including phenoxy) is 1. The number of nitrogens with zero attached hydrogens (tertiary/aromatic N) is 4. The second kappa shape index (κ2) is 10.4. The van der Waals surface area contributed by atoms with Crippen LogP contribution in [0.1, 0.15) is 24.8 Å². The molecule has 2 aliphatic heterocycles. The molecule has 3 aliphatic rings. The molecule has 0 bridgehead atoms. The second-order valence-corrected chi connectivity index (χ2v) is 9.99. The van der Waals surface area contributed by atoms with Crippen LogP contribution in [-0.2, 0) is 4.79 Å². The predicted molar refractivity (Wildman–Crippen MR) is 138 cm³/mol. The number of piperazine rings is 2. The first kappa shape index (κ1) is 23.2. The number of rotatable bonds is 6. The van der Waals surface area contributed by atoms with E-state index in [0.717, 1.165) is 64.1 Å². The lowest BCUT2D eigenvalue weighted by atomic mass is 9.91. The summed E-state index contributed by atoms with van der Waals surface area (Å²) in [5.41, 5.74) is 4.94. The first-order valence-corrected chi connectivity index (χ1v) is 12.8. The van der Waals surface area contributed by atoms with E-state index in [2.05, 4.69) is 62.9 Å². The highest BCUT2D eigenvalue weighted by Crippen LogP contribution is 2.29. The van der Waals surface area contributed by atoms with Gasteiger partial charge in [0.2, 0.25) is 5.91 Å². The topological polar surface area (TPSA) is 39.3 Å². The number of amides is 1. The van der Waals surface area contributed by atoms with Gasteiger partial charge in [-0.15, -0.1) is 0 Å². The average Bonchev–Trinajstić information content (AvgIpc) is 2.84. The third-order valence-corrected chi connectivity index (χ3v) is 7.97. The van der Waals surface area contributed by atoms with Gasteiger partial charge in [0, 0.05) is 64.1 Å². The van der Waals surface area contributed by atoms with Crippen LogP contribution in [0.5, 0.6) is 5.75 Å². The summed E-state index contributed by atoms with van der Waals surface area (Å²) in [6, 6.07) is 15.9. The van der Waals surface area contributed by atoms with Gasteiger partial charge in [0.25, 0.3) is 0 Å². The third-order valence-electron chi connectivity index (χ3n) is 7.97. The number of benzene rings is 2. The molecule has 6 nitrogen and oxygen atoms in total. The molecule has 0 unspecified atom stereocenters. The van der Waals surface area contributed by atoms with Crippen molar-refractivity contribution in [2.45, 2.75) is 32.2 Å². The predicted octanol–water partition coefficient (Wildman–Crippen LogP) is 3.49. The molecule has 0 aromatic heterocycles. The first-order chi connectivity index (χ1) is 16.6. The summed E-state index contributed by atoms with van der Waals surface area (Å²) in [6.45, 7) is 10.4. The van der Waals surface area contributed by atoms with Crippen molar-refractivity contribution in [3.05, 3.63) is 48.0 Å². The van der Waals surface area contributed by atoms with Crippen molar-refractivity contribution in [2.75, 3.05) is 70.9 Å². The Labute approximate surface area is 204 Å². The number of hydrogen-bond donors (Lipinski definition) is 0. The standard InChI is InChI=1S/C28H38N4O2/c1-22-20-26(34-2)10-11-27(22)23-6-8-25(9-7-23)30-14-12-29(13-15-30)21-28(33)32-18-16-31(17-19-32)24-4-3-5-24/h6-11,20,24H,3-5,12-19,21H2,1-2H3. The fraction of sp³-hybridized carbons (Fsp3) is 0.536. The van der Waals surface area contributed by atoms with Crippen molar-refractivity contribution in [3.8, 4) is 16.9 Å². The summed E-state index contributed by atoms with van der Waals surface area (Å²) in [7, 11) is 1.70. The average molecular weight is 463 g/mol. The van der Waals surface area contributed by atoms with Gasteiger partial charge in [-0.25, -0.2) is 0 Å². The zero-order chi connectivity index (χ0) is 23.5. The zero-order valence-corrected chi connectivity index (χ0v) is 20.7. The molecular formula is C28H38N4O2. The summed E-state index contributed by atoms with van der Waals surface area (Å²) >= 11 is 0. The van der Waals surface area contributed by atoms with E-state index < -0.39 is 0 Å². The fourth-order valence-corrected chi connectivity index (χ4v) is 5.48. The highest BCUT2D eigenvalue weighted by atomic mass is 16.5. The van der Waals surface area contributed by atoms with Gasteiger partial charge in [-0.05, 0) is 60.7 Å². The van der Waals surface area contributed by atoms with E-state index in [9.17, 15) is 4.79 Å². The van der Waals surface area contributed by atoms with E-state index in [1.54, 1.807) is 7.11 Å². The van der Waals surface area contributed by atoms with E-state index in [-0.39, 0.29) is 0 Å². The molecule has 1 amide bonds. The molecule has 6 heteroatoms. The Morgan fingerprint density at radius 3 is 2.21 bits per heavy atom. The van der Waals surface area contributed by atoms with Gasteiger partial charge in [-0.1, -0.05) is 24.6 Å². The molecular weight excluding hydrogens is 424 g/mol. The van der Waals surface area contributed by atoms with Crippen LogP contribution < -0.4 is 9.64 Å². The summed E-state index contributed by atoms with van der Waals surface area (Å²) in [4.78, 5) is 22.3. The van der Waals surface area contributed by atoms with E-state index in [0.29, 0.717) is 12.5 Å². The lowest BCUT2D eigenvalue weighted by Gasteiger charge is -2.43. The van der Waals surface area contributed by atoms with E-state index in [1.807, 2.05) is 6.07 Å². The number of hydrogen-bond acceptors (Lipinski definition) is 5. The van der Waals surface area contributed by atoms with Gasteiger partial charge in [-0.2, -0.15) is 0 Å². The van der Waals surface area contributed by atoms with Gasteiger partial charge < -0.3 is 14.5 Å². The maximum atomic E-state index is 12.9. The van der Waals surface area contributed by atoms with Crippen LogP contribution >= 0.6 is 0 Å². The van der Waals surface area contributed by atoms with Crippen LogP contribution in [-0.4, -0.2) is 92.7 Å². The van der Waals surface area contributed by atoms with Crippen LogP contribution in [0.4, 0.5) is 5.69 Å². The number of methoxy groups -OCH3 is 1. The van der Waals surface area contributed by atoms with Crippen molar-refractivity contribution in [1.82, 2.24) is 14.7 Å². The summed E-state index contributed by atoms with van der Waals surface area (Å²) in [6.07, 6.45) is 4.08. The molecule has 2 aromatic carbocycles. The van der Waals surface area contributed by atoms with Gasteiger partial charge in [-0.3, -0.25) is 14.6 Å². The van der Waals surface area contributed by atoms with E-state index in [4.69, 9.17) is 4.74 Å². The van der Waals surface area contributed by atoms with Crippen LogP contribution in [0.15, 0.2) is 42.5 Å². The summed E-state index contributed by atoms with van der Waals surface area (Å²) in [5.74, 6) is 1.20. The van der Waals surface area contributed by atoms with Crippen molar-refractivity contribution in [1.29, 1.82) is 0 Å². The Balaban J connectivity index is 1.09. The molecule has 2 aromatic rings. The lowest BCUT2D eigenvalue weighted by Crippen LogP contribution is -2.56. The third kappa shape index (κ3) is 5.08. The minimum Gasteiger partial charge on any atom is -0.497 e. The molecule has 2 heterocycles. The molecule has 5 rings (SSSR count). The van der Waals surface area contributed by atoms with Crippen LogP contribution in [0.3, 0.4) is 0 Å². The van der Waals surface area contributed by atoms with Crippen LogP contribution in [0.2, 0.25) is 0 Å². The number of anilines is 1. The molecule has 0 radical (unpaired) electrons. The molecule has 182 valence electrons.